The first kappa shape index (κ1) is 12.9. The molecule has 0 spiro atoms. The molecule has 1 aliphatic heterocycles. The maximum atomic E-state index is 11.8. The number of hydrogen-bond donors (Lipinski definition) is 0. The van der Waals surface area contributed by atoms with Crippen molar-refractivity contribution >= 4 is 23.5 Å². The number of rotatable bonds is 1. The summed E-state index contributed by atoms with van der Waals surface area (Å²) in [6, 6.07) is 5.07. The molecule has 4 nitrogen and oxygen atoms in total. The van der Waals surface area contributed by atoms with Gasteiger partial charge >= 0.3 is 6.09 Å². The number of amides is 1. The summed E-state index contributed by atoms with van der Waals surface area (Å²) in [4.78, 5) is 24.5. The molecule has 0 aliphatic carbocycles. The first-order chi connectivity index (χ1) is 8.56. The maximum Gasteiger partial charge on any atom is 0.415 e. The van der Waals surface area contributed by atoms with Gasteiger partial charge in [0, 0.05) is 31.0 Å². The van der Waals surface area contributed by atoms with E-state index in [-0.39, 0.29) is 5.78 Å². The smallest absolute Gasteiger partial charge is 0.410 e. The average molecular weight is 268 g/mol. The second kappa shape index (κ2) is 5.40. The van der Waals surface area contributed by atoms with Crippen LogP contribution in [0.5, 0.6) is 5.75 Å². The quantitative estimate of drug-likeness (QED) is 0.786. The Hall–Kier alpha value is -1.55. The number of ether oxygens (including phenoxy) is 1. The van der Waals surface area contributed by atoms with E-state index >= 15 is 0 Å². The molecule has 0 atom stereocenters. The van der Waals surface area contributed by atoms with Crippen LogP contribution in [0, 0.1) is 6.92 Å². The van der Waals surface area contributed by atoms with Crippen LogP contribution >= 0.6 is 11.6 Å². The molecule has 18 heavy (non-hydrogen) atoms. The Morgan fingerprint density at radius 3 is 2.61 bits per heavy atom. The third kappa shape index (κ3) is 3.01. The van der Waals surface area contributed by atoms with Crippen LogP contribution < -0.4 is 4.74 Å². The molecule has 1 amide bonds. The topological polar surface area (TPSA) is 46.6 Å². The lowest BCUT2D eigenvalue weighted by Gasteiger charge is -2.25. The summed E-state index contributed by atoms with van der Waals surface area (Å²) in [5.41, 5.74) is 0.857. The second-order valence-corrected chi connectivity index (χ2v) is 4.71. The monoisotopic (exact) mass is 267 g/mol. The summed E-state index contributed by atoms with van der Waals surface area (Å²) in [6.07, 6.45) is 0.410. The van der Waals surface area contributed by atoms with Gasteiger partial charge in [-0.2, -0.15) is 0 Å². The lowest BCUT2D eigenvalue weighted by atomic mass is 10.1. The second-order valence-electron chi connectivity index (χ2n) is 4.30. The first-order valence-electron chi connectivity index (χ1n) is 5.81. The molecule has 5 heteroatoms. The van der Waals surface area contributed by atoms with E-state index in [1.165, 1.54) is 0 Å². The minimum Gasteiger partial charge on any atom is -0.410 e. The van der Waals surface area contributed by atoms with E-state index in [0.29, 0.717) is 36.7 Å². The van der Waals surface area contributed by atoms with Gasteiger partial charge in [-0.25, -0.2) is 4.79 Å². The Morgan fingerprint density at radius 2 is 2.00 bits per heavy atom. The molecule has 0 radical (unpaired) electrons. The van der Waals surface area contributed by atoms with E-state index in [1.807, 2.05) is 6.92 Å². The van der Waals surface area contributed by atoms with Crippen molar-refractivity contribution < 1.29 is 14.3 Å². The Morgan fingerprint density at radius 1 is 1.33 bits per heavy atom. The van der Waals surface area contributed by atoms with Gasteiger partial charge in [-0.15, -0.1) is 0 Å². The van der Waals surface area contributed by atoms with Crippen molar-refractivity contribution in [3.05, 3.63) is 28.8 Å². The van der Waals surface area contributed by atoms with Crippen LogP contribution in [-0.4, -0.2) is 29.9 Å². The number of carbonyl (C=O) groups is 2. The fraction of sp³-hybridized carbons (Fsp3) is 0.385. The highest BCUT2D eigenvalue weighted by atomic mass is 35.5. The standard InChI is InChI=1S/C13H14ClNO3/c1-9-8-11(2-3-12(9)14)18-13(17)15-6-4-10(16)5-7-15/h2-3,8H,4-7H2,1H3. The number of carbonyl (C=O) groups excluding carboxylic acids is 2. The van der Waals surface area contributed by atoms with Crippen LogP contribution in [0.25, 0.3) is 0 Å². The number of benzene rings is 1. The van der Waals surface area contributed by atoms with Gasteiger partial charge < -0.3 is 9.64 Å². The van der Waals surface area contributed by atoms with Gasteiger partial charge in [-0.05, 0) is 30.7 Å². The Labute approximate surface area is 110 Å². The molecule has 1 aliphatic rings. The Kier molecular flexibility index (Phi) is 3.87. The highest BCUT2D eigenvalue weighted by molar-refractivity contribution is 6.31. The van der Waals surface area contributed by atoms with Crippen molar-refractivity contribution in [2.75, 3.05) is 13.1 Å². The third-order valence-corrected chi connectivity index (χ3v) is 3.34. The van der Waals surface area contributed by atoms with Crippen molar-refractivity contribution in [3.63, 3.8) is 0 Å². The van der Waals surface area contributed by atoms with Crippen LogP contribution in [0.15, 0.2) is 18.2 Å². The van der Waals surface area contributed by atoms with E-state index in [9.17, 15) is 9.59 Å². The van der Waals surface area contributed by atoms with E-state index in [0.717, 1.165) is 5.56 Å². The number of ketones is 1. The van der Waals surface area contributed by atoms with Gasteiger partial charge in [0.15, 0.2) is 0 Å². The van der Waals surface area contributed by atoms with E-state index < -0.39 is 6.09 Å². The van der Waals surface area contributed by atoms with E-state index in [4.69, 9.17) is 16.3 Å². The van der Waals surface area contributed by atoms with Crippen molar-refractivity contribution in [1.29, 1.82) is 0 Å². The number of likely N-dealkylation sites (tertiary alicyclic amines) is 1. The minimum atomic E-state index is -0.413. The third-order valence-electron chi connectivity index (χ3n) is 2.91. The van der Waals surface area contributed by atoms with Gasteiger partial charge in [0.05, 0.1) is 0 Å². The zero-order valence-corrected chi connectivity index (χ0v) is 10.9. The molecule has 1 saturated heterocycles. The van der Waals surface area contributed by atoms with E-state index in [2.05, 4.69) is 0 Å². The SMILES string of the molecule is Cc1cc(OC(=O)N2CCC(=O)CC2)ccc1Cl. The molecule has 1 aromatic rings. The van der Waals surface area contributed by atoms with Gasteiger partial charge in [0.25, 0.3) is 0 Å². The molecule has 0 aromatic heterocycles. The summed E-state index contributed by atoms with van der Waals surface area (Å²) in [6.45, 7) is 2.72. The minimum absolute atomic E-state index is 0.196. The Balaban J connectivity index is 1.98. The molecular formula is C13H14ClNO3. The normalized spacial score (nSPS) is 15.7. The molecule has 1 fully saturated rings. The molecule has 1 aromatic carbocycles. The first-order valence-corrected chi connectivity index (χ1v) is 6.18. The lowest BCUT2D eigenvalue weighted by molar-refractivity contribution is -0.121. The fourth-order valence-corrected chi connectivity index (χ4v) is 1.90. The molecule has 0 N–H and O–H groups in total. The van der Waals surface area contributed by atoms with Crippen LogP contribution in [0.2, 0.25) is 5.02 Å². The average Bonchev–Trinajstić information content (AvgIpc) is 2.34. The van der Waals surface area contributed by atoms with Gasteiger partial charge in [0.2, 0.25) is 0 Å². The molecule has 0 bridgehead atoms. The van der Waals surface area contributed by atoms with Gasteiger partial charge in [0.1, 0.15) is 11.5 Å². The molecule has 96 valence electrons. The van der Waals surface area contributed by atoms with E-state index in [1.54, 1.807) is 23.1 Å². The van der Waals surface area contributed by atoms with Crippen molar-refractivity contribution in [2.24, 2.45) is 0 Å². The van der Waals surface area contributed by atoms with Crippen molar-refractivity contribution in [3.8, 4) is 5.75 Å². The molecule has 0 saturated carbocycles. The summed E-state index contributed by atoms with van der Waals surface area (Å²) in [7, 11) is 0. The van der Waals surface area contributed by atoms with Crippen LogP contribution in [0.4, 0.5) is 4.79 Å². The highest BCUT2D eigenvalue weighted by Gasteiger charge is 2.22. The molecule has 1 heterocycles. The zero-order valence-electron chi connectivity index (χ0n) is 10.1. The summed E-state index contributed by atoms with van der Waals surface area (Å²) in [5.74, 6) is 0.667. The van der Waals surface area contributed by atoms with Gasteiger partial charge in [-0.3, -0.25) is 4.79 Å². The predicted molar refractivity (Wildman–Crippen MR) is 68.0 cm³/mol. The molecule has 2 rings (SSSR count). The number of halogens is 1. The maximum absolute atomic E-state index is 11.8. The number of aryl methyl sites for hydroxylation is 1. The van der Waals surface area contributed by atoms with Crippen LogP contribution in [-0.2, 0) is 4.79 Å². The van der Waals surface area contributed by atoms with Crippen molar-refractivity contribution in [1.82, 2.24) is 4.90 Å². The number of piperidine rings is 1. The lowest BCUT2D eigenvalue weighted by Crippen LogP contribution is -2.40. The molecule has 0 unspecified atom stereocenters. The predicted octanol–water partition coefficient (Wildman–Crippen LogP) is 2.81. The Bertz CT molecular complexity index is 477. The number of nitrogens with zero attached hydrogens (tertiary/aromatic N) is 1. The summed E-state index contributed by atoms with van der Waals surface area (Å²) >= 11 is 5.89. The fourth-order valence-electron chi connectivity index (χ4n) is 1.78. The van der Waals surface area contributed by atoms with Crippen LogP contribution in [0.1, 0.15) is 18.4 Å². The van der Waals surface area contributed by atoms with Crippen LogP contribution in [0.3, 0.4) is 0 Å². The summed E-state index contributed by atoms with van der Waals surface area (Å²) in [5, 5.41) is 0.637. The summed E-state index contributed by atoms with van der Waals surface area (Å²) < 4.78 is 5.24. The number of Topliss-reactive ketones (excluding diaryl/α,β-unsaturated/α-hetero) is 1. The van der Waals surface area contributed by atoms with Gasteiger partial charge in [-0.1, -0.05) is 11.6 Å². The largest absolute Gasteiger partial charge is 0.415 e. The van der Waals surface area contributed by atoms with Crippen molar-refractivity contribution in [2.45, 2.75) is 19.8 Å². The highest BCUT2D eigenvalue weighted by Crippen LogP contribution is 2.21. The number of hydrogen-bond acceptors (Lipinski definition) is 3. The molecular weight excluding hydrogens is 254 g/mol. The zero-order chi connectivity index (χ0) is 13.1.